The van der Waals surface area contributed by atoms with Crippen LogP contribution in [0.2, 0.25) is 0 Å². The van der Waals surface area contributed by atoms with Crippen LogP contribution >= 0.6 is 0 Å². The van der Waals surface area contributed by atoms with Gasteiger partial charge in [0.05, 0.1) is 14.2 Å². The molecule has 0 bridgehead atoms. The Morgan fingerprint density at radius 3 is 2.73 bits per heavy atom. The van der Waals surface area contributed by atoms with Crippen LogP contribution in [0.15, 0.2) is 24.3 Å². The fourth-order valence-corrected chi connectivity index (χ4v) is 1.09. The van der Waals surface area contributed by atoms with Crippen LogP contribution in [-0.4, -0.2) is 14.2 Å². The highest BCUT2D eigenvalue weighted by Crippen LogP contribution is 2.15. The number of quaternary nitrogens is 1. The van der Waals surface area contributed by atoms with Gasteiger partial charge in [-0.3, -0.25) is 0 Å². The molecule has 0 spiro atoms. The van der Waals surface area contributed by atoms with Gasteiger partial charge in [0.2, 0.25) is 0 Å². The van der Waals surface area contributed by atoms with Gasteiger partial charge in [-0.15, -0.1) is 0 Å². The highest BCUT2D eigenvalue weighted by Gasteiger charge is 1.99. The molecule has 0 saturated heterocycles. The lowest BCUT2D eigenvalue weighted by Crippen LogP contribution is -2.77. The van der Waals surface area contributed by atoms with Crippen molar-refractivity contribution >= 4 is 0 Å². The monoisotopic (exact) mass is 152 g/mol. The molecule has 0 amide bonds. The Kier molecular flexibility index (Phi) is 2.93. The third-order valence-corrected chi connectivity index (χ3v) is 1.62. The number of para-hydroxylation sites is 1. The molecule has 0 aliphatic rings. The molecule has 60 valence electrons. The highest BCUT2D eigenvalue weighted by atomic mass is 16.5. The number of nitrogens with two attached hydrogens (primary N) is 1. The van der Waals surface area contributed by atoms with E-state index in [1.807, 2.05) is 25.2 Å². The van der Waals surface area contributed by atoms with Crippen molar-refractivity contribution in [1.82, 2.24) is 0 Å². The first kappa shape index (κ1) is 8.08. The van der Waals surface area contributed by atoms with Gasteiger partial charge in [0.1, 0.15) is 12.3 Å². The van der Waals surface area contributed by atoms with Crippen LogP contribution < -0.4 is 10.1 Å². The molecular formula is C9H14NO+. The van der Waals surface area contributed by atoms with Crippen LogP contribution in [0.1, 0.15) is 5.56 Å². The maximum atomic E-state index is 5.18. The van der Waals surface area contributed by atoms with E-state index in [1.54, 1.807) is 7.11 Å². The number of rotatable bonds is 3. The number of hydrogen-bond donors (Lipinski definition) is 1. The van der Waals surface area contributed by atoms with Crippen molar-refractivity contribution in [3.05, 3.63) is 29.8 Å². The summed E-state index contributed by atoms with van der Waals surface area (Å²) in [6.45, 7) is 0.976. The van der Waals surface area contributed by atoms with E-state index in [4.69, 9.17) is 4.74 Å². The van der Waals surface area contributed by atoms with E-state index in [9.17, 15) is 0 Å². The zero-order valence-electron chi connectivity index (χ0n) is 7.00. The molecule has 2 heteroatoms. The molecule has 2 N–H and O–H groups in total. The molecular weight excluding hydrogens is 138 g/mol. The SMILES string of the molecule is C[NH2+]Cc1ccccc1OC. The van der Waals surface area contributed by atoms with E-state index in [0.717, 1.165) is 12.3 Å². The molecule has 1 aromatic carbocycles. The lowest BCUT2D eigenvalue weighted by molar-refractivity contribution is -0.643. The Bertz CT molecular complexity index is 223. The maximum Gasteiger partial charge on any atom is 0.127 e. The van der Waals surface area contributed by atoms with E-state index in [1.165, 1.54) is 5.56 Å². The summed E-state index contributed by atoms with van der Waals surface area (Å²) in [5, 5.41) is 2.12. The van der Waals surface area contributed by atoms with Crippen LogP contribution in [0.5, 0.6) is 5.75 Å². The van der Waals surface area contributed by atoms with E-state index >= 15 is 0 Å². The average molecular weight is 152 g/mol. The summed E-state index contributed by atoms with van der Waals surface area (Å²) in [7, 11) is 3.75. The minimum absolute atomic E-state index is 0.976. The summed E-state index contributed by atoms with van der Waals surface area (Å²) >= 11 is 0. The largest absolute Gasteiger partial charge is 0.496 e. The van der Waals surface area contributed by atoms with Crippen molar-refractivity contribution in [2.75, 3.05) is 14.2 Å². The Labute approximate surface area is 67.2 Å². The fourth-order valence-electron chi connectivity index (χ4n) is 1.09. The van der Waals surface area contributed by atoms with E-state index in [0.29, 0.717) is 0 Å². The smallest absolute Gasteiger partial charge is 0.127 e. The predicted octanol–water partition coefficient (Wildman–Crippen LogP) is 0.388. The summed E-state index contributed by atoms with van der Waals surface area (Å²) < 4.78 is 5.18. The molecule has 1 aromatic rings. The third kappa shape index (κ3) is 1.95. The Balaban J connectivity index is 2.83. The van der Waals surface area contributed by atoms with Crippen LogP contribution in [0.3, 0.4) is 0 Å². The van der Waals surface area contributed by atoms with Gasteiger partial charge in [0.15, 0.2) is 0 Å². The molecule has 1 rings (SSSR count). The normalized spacial score (nSPS) is 9.64. The van der Waals surface area contributed by atoms with E-state index in [2.05, 4.69) is 11.4 Å². The van der Waals surface area contributed by atoms with Gasteiger partial charge in [-0.05, 0) is 12.1 Å². The van der Waals surface area contributed by atoms with Gasteiger partial charge >= 0.3 is 0 Å². The first-order valence-electron chi connectivity index (χ1n) is 3.78. The maximum absolute atomic E-state index is 5.18. The molecule has 0 aromatic heterocycles. The average Bonchev–Trinajstić information content (AvgIpc) is 2.06. The first-order chi connectivity index (χ1) is 5.38. The first-order valence-corrected chi connectivity index (χ1v) is 3.78. The lowest BCUT2D eigenvalue weighted by atomic mass is 10.2. The Morgan fingerprint density at radius 1 is 1.36 bits per heavy atom. The number of benzene rings is 1. The van der Waals surface area contributed by atoms with Crippen LogP contribution in [0, 0.1) is 0 Å². The predicted molar refractivity (Wildman–Crippen MR) is 44.5 cm³/mol. The Hall–Kier alpha value is -1.02. The Morgan fingerprint density at radius 2 is 2.09 bits per heavy atom. The highest BCUT2D eigenvalue weighted by molar-refractivity contribution is 5.32. The van der Waals surface area contributed by atoms with Crippen molar-refractivity contribution in [3.8, 4) is 5.75 Å². The zero-order valence-corrected chi connectivity index (χ0v) is 7.00. The molecule has 0 atom stereocenters. The van der Waals surface area contributed by atoms with Crippen LogP contribution in [0.4, 0.5) is 0 Å². The van der Waals surface area contributed by atoms with Crippen molar-refractivity contribution in [3.63, 3.8) is 0 Å². The summed E-state index contributed by atoms with van der Waals surface area (Å²) in [6, 6.07) is 8.08. The number of hydrogen-bond acceptors (Lipinski definition) is 1. The molecule has 11 heavy (non-hydrogen) atoms. The van der Waals surface area contributed by atoms with Crippen LogP contribution in [-0.2, 0) is 6.54 Å². The van der Waals surface area contributed by atoms with Gasteiger partial charge in [0, 0.05) is 5.56 Å². The molecule has 0 fully saturated rings. The van der Waals surface area contributed by atoms with Gasteiger partial charge in [-0.2, -0.15) is 0 Å². The minimum Gasteiger partial charge on any atom is -0.496 e. The summed E-state index contributed by atoms with van der Waals surface area (Å²) in [5.74, 6) is 0.977. The summed E-state index contributed by atoms with van der Waals surface area (Å²) in [6.07, 6.45) is 0. The van der Waals surface area contributed by atoms with Crippen LogP contribution in [0.25, 0.3) is 0 Å². The molecule has 2 nitrogen and oxygen atoms in total. The second kappa shape index (κ2) is 3.98. The van der Waals surface area contributed by atoms with Crippen molar-refractivity contribution in [2.45, 2.75) is 6.54 Å². The van der Waals surface area contributed by atoms with E-state index in [-0.39, 0.29) is 0 Å². The second-order valence-corrected chi connectivity index (χ2v) is 2.42. The molecule has 0 heterocycles. The molecule has 0 aliphatic heterocycles. The van der Waals surface area contributed by atoms with Crippen molar-refractivity contribution in [1.29, 1.82) is 0 Å². The van der Waals surface area contributed by atoms with Crippen molar-refractivity contribution in [2.24, 2.45) is 0 Å². The third-order valence-electron chi connectivity index (χ3n) is 1.62. The summed E-state index contributed by atoms with van der Waals surface area (Å²) in [4.78, 5) is 0. The van der Waals surface area contributed by atoms with Gasteiger partial charge in [-0.1, -0.05) is 12.1 Å². The minimum atomic E-state index is 0.976. The molecule has 0 saturated carbocycles. The number of methoxy groups -OCH3 is 1. The van der Waals surface area contributed by atoms with Gasteiger partial charge < -0.3 is 10.1 Å². The molecule has 0 unspecified atom stereocenters. The van der Waals surface area contributed by atoms with Crippen molar-refractivity contribution < 1.29 is 10.1 Å². The summed E-state index contributed by atoms with van der Waals surface area (Å²) in [5.41, 5.74) is 1.25. The van der Waals surface area contributed by atoms with Gasteiger partial charge in [-0.25, -0.2) is 0 Å². The van der Waals surface area contributed by atoms with Gasteiger partial charge in [0.25, 0.3) is 0 Å². The molecule has 0 radical (unpaired) electrons. The molecule has 0 aliphatic carbocycles. The number of ether oxygens (including phenoxy) is 1. The quantitative estimate of drug-likeness (QED) is 0.666. The van der Waals surface area contributed by atoms with E-state index < -0.39 is 0 Å². The standard InChI is InChI=1S/C9H13NO/c1-10-7-8-5-3-4-6-9(8)11-2/h3-6,10H,7H2,1-2H3/p+1. The topological polar surface area (TPSA) is 25.8 Å². The lowest BCUT2D eigenvalue weighted by Gasteiger charge is -2.04. The second-order valence-electron chi connectivity index (χ2n) is 2.42. The fraction of sp³-hybridized carbons (Fsp3) is 0.333. The zero-order chi connectivity index (χ0) is 8.10.